The summed E-state index contributed by atoms with van der Waals surface area (Å²) in [6.07, 6.45) is 3.85. The summed E-state index contributed by atoms with van der Waals surface area (Å²) in [5.41, 5.74) is 0.681. The number of carbonyl (C=O) groups excluding carboxylic acids is 2. The van der Waals surface area contributed by atoms with Gasteiger partial charge in [-0.05, 0) is 11.6 Å². The highest BCUT2D eigenvalue weighted by atomic mass is 16.6. The second-order valence-electron chi connectivity index (χ2n) is 3.53. The molecule has 94 valence electrons. The van der Waals surface area contributed by atoms with Crippen LogP contribution in [0.5, 0.6) is 0 Å². The molecule has 0 aliphatic rings. The lowest BCUT2D eigenvalue weighted by atomic mass is 10.1. The molecule has 0 aliphatic carbocycles. The molecule has 0 unspecified atom stereocenters. The molecule has 1 aromatic rings. The molecule has 0 heterocycles. The van der Waals surface area contributed by atoms with Gasteiger partial charge in [0.15, 0.2) is 6.29 Å². The number of amides is 1. The molecule has 1 rings (SSSR count). The van der Waals surface area contributed by atoms with Crippen molar-refractivity contribution in [2.45, 2.75) is 6.92 Å². The lowest BCUT2D eigenvalue weighted by Gasteiger charge is -1.99. The number of carbonyl (C=O) groups is 2. The fourth-order valence-corrected chi connectivity index (χ4v) is 1.32. The van der Waals surface area contributed by atoms with Gasteiger partial charge in [0.25, 0.3) is 5.69 Å². The van der Waals surface area contributed by atoms with Crippen molar-refractivity contribution >= 4 is 24.0 Å². The van der Waals surface area contributed by atoms with Gasteiger partial charge in [-0.3, -0.25) is 19.7 Å². The number of nitrogens with zero attached hydrogens (tertiary/aromatic N) is 1. The lowest BCUT2D eigenvalue weighted by Crippen LogP contribution is -2.19. The standard InChI is InChI=1S/C12H12N2O4/c1-9(16)13-6-2-3-10-4-5-12(14(17)18)7-11(10)8-15/h2-5,7-8H,6H2,1H3,(H,13,16). The molecule has 0 aromatic heterocycles. The Morgan fingerprint density at radius 3 is 2.72 bits per heavy atom. The van der Waals surface area contributed by atoms with Gasteiger partial charge in [-0.25, -0.2) is 0 Å². The van der Waals surface area contributed by atoms with E-state index in [1.165, 1.54) is 25.1 Å². The van der Waals surface area contributed by atoms with Crippen LogP contribution in [0.15, 0.2) is 24.3 Å². The van der Waals surface area contributed by atoms with E-state index in [9.17, 15) is 19.7 Å². The van der Waals surface area contributed by atoms with E-state index in [1.807, 2.05) is 0 Å². The van der Waals surface area contributed by atoms with Crippen molar-refractivity contribution in [3.8, 4) is 0 Å². The van der Waals surface area contributed by atoms with Crippen LogP contribution in [0.4, 0.5) is 5.69 Å². The van der Waals surface area contributed by atoms with E-state index in [1.54, 1.807) is 12.2 Å². The minimum atomic E-state index is -0.558. The van der Waals surface area contributed by atoms with Crippen molar-refractivity contribution in [2.75, 3.05) is 6.54 Å². The molecule has 0 saturated carbocycles. The predicted octanol–water partition coefficient (Wildman–Crippen LogP) is 1.56. The SMILES string of the molecule is CC(=O)NCC=Cc1ccc([N+](=O)[O-])cc1C=O. The maximum atomic E-state index is 10.8. The predicted molar refractivity (Wildman–Crippen MR) is 66.2 cm³/mol. The summed E-state index contributed by atoms with van der Waals surface area (Å²) in [7, 11) is 0. The normalized spacial score (nSPS) is 10.3. The monoisotopic (exact) mass is 248 g/mol. The zero-order chi connectivity index (χ0) is 13.5. The Labute approximate surface area is 103 Å². The van der Waals surface area contributed by atoms with E-state index >= 15 is 0 Å². The topological polar surface area (TPSA) is 89.3 Å². The minimum absolute atomic E-state index is 0.129. The molecule has 1 amide bonds. The molecule has 1 N–H and O–H groups in total. The molecule has 0 atom stereocenters. The summed E-state index contributed by atoms with van der Waals surface area (Å²) in [5, 5.41) is 13.1. The van der Waals surface area contributed by atoms with Crippen LogP contribution in [0.3, 0.4) is 0 Å². The van der Waals surface area contributed by atoms with E-state index in [0.717, 1.165) is 0 Å². The van der Waals surface area contributed by atoms with Crippen molar-refractivity contribution in [2.24, 2.45) is 0 Å². The van der Waals surface area contributed by atoms with Gasteiger partial charge >= 0.3 is 0 Å². The van der Waals surface area contributed by atoms with Gasteiger partial charge in [-0.1, -0.05) is 12.2 Å². The van der Waals surface area contributed by atoms with Gasteiger partial charge in [0, 0.05) is 31.2 Å². The Morgan fingerprint density at radius 2 is 2.17 bits per heavy atom. The Morgan fingerprint density at radius 1 is 1.44 bits per heavy atom. The fraction of sp³-hybridized carbons (Fsp3) is 0.167. The number of hydrogen-bond acceptors (Lipinski definition) is 4. The van der Waals surface area contributed by atoms with E-state index < -0.39 is 4.92 Å². The summed E-state index contributed by atoms with van der Waals surface area (Å²) in [5.74, 6) is -0.154. The van der Waals surface area contributed by atoms with Crippen LogP contribution in [-0.4, -0.2) is 23.7 Å². The number of non-ortho nitro benzene ring substituents is 1. The van der Waals surface area contributed by atoms with Crippen molar-refractivity contribution in [3.05, 3.63) is 45.5 Å². The first-order chi connectivity index (χ1) is 8.54. The number of rotatable bonds is 5. The summed E-state index contributed by atoms with van der Waals surface area (Å²) < 4.78 is 0. The number of aldehydes is 1. The van der Waals surface area contributed by atoms with Gasteiger partial charge < -0.3 is 5.32 Å². The van der Waals surface area contributed by atoms with Crippen molar-refractivity contribution in [1.29, 1.82) is 0 Å². The Bertz CT molecular complexity index is 509. The summed E-state index contributed by atoms with van der Waals surface area (Å²) in [4.78, 5) is 31.4. The van der Waals surface area contributed by atoms with Gasteiger partial charge in [-0.2, -0.15) is 0 Å². The first kappa shape index (κ1) is 13.6. The Balaban J connectivity index is 2.86. The first-order valence-electron chi connectivity index (χ1n) is 5.19. The van der Waals surface area contributed by atoms with E-state index in [-0.39, 0.29) is 17.2 Å². The van der Waals surface area contributed by atoms with Crippen LogP contribution in [0.1, 0.15) is 22.8 Å². The molecular weight excluding hydrogens is 236 g/mol. The lowest BCUT2D eigenvalue weighted by molar-refractivity contribution is -0.384. The largest absolute Gasteiger partial charge is 0.353 e. The fourth-order valence-electron chi connectivity index (χ4n) is 1.32. The van der Waals surface area contributed by atoms with E-state index in [2.05, 4.69) is 5.32 Å². The van der Waals surface area contributed by atoms with Crippen LogP contribution in [0, 0.1) is 10.1 Å². The summed E-state index contributed by atoms with van der Waals surface area (Å²) in [6, 6.07) is 4.03. The molecule has 0 spiro atoms. The summed E-state index contributed by atoms with van der Waals surface area (Å²) in [6.45, 7) is 1.74. The highest BCUT2D eigenvalue weighted by Crippen LogP contribution is 2.17. The Kier molecular flexibility index (Phi) is 4.74. The van der Waals surface area contributed by atoms with Crippen LogP contribution < -0.4 is 5.32 Å². The van der Waals surface area contributed by atoms with Crippen LogP contribution in [0.2, 0.25) is 0 Å². The highest BCUT2D eigenvalue weighted by molar-refractivity contribution is 5.83. The van der Waals surface area contributed by atoms with Crippen LogP contribution in [-0.2, 0) is 4.79 Å². The molecule has 18 heavy (non-hydrogen) atoms. The number of nitro benzene ring substituents is 1. The molecular formula is C12H12N2O4. The second-order valence-corrected chi connectivity index (χ2v) is 3.53. The maximum Gasteiger partial charge on any atom is 0.270 e. The van der Waals surface area contributed by atoms with Crippen molar-refractivity contribution in [3.63, 3.8) is 0 Å². The molecule has 0 aliphatic heterocycles. The number of nitro groups is 1. The number of hydrogen-bond donors (Lipinski definition) is 1. The molecule has 0 radical (unpaired) electrons. The molecule has 1 aromatic carbocycles. The molecule has 0 saturated heterocycles. The maximum absolute atomic E-state index is 10.8. The van der Waals surface area contributed by atoms with Gasteiger partial charge in [0.2, 0.25) is 5.91 Å². The summed E-state index contributed by atoms with van der Waals surface area (Å²) >= 11 is 0. The van der Waals surface area contributed by atoms with Gasteiger partial charge in [0.1, 0.15) is 0 Å². The third-order valence-corrected chi connectivity index (χ3v) is 2.17. The highest BCUT2D eigenvalue weighted by Gasteiger charge is 2.08. The number of nitrogens with one attached hydrogen (secondary N) is 1. The van der Waals surface area contributed by atoms with Gasteiger partial charge in [0.05, 0.1) is 4.92 Å². The van der Waals surface area contributed by atoms with E-state index in [0.29, 0.717) is 18.4 Å². The Hall–Kier alpha value is -2.50. The van der Waals surface area contributed by atoms with Crippen LogP contribution in [0.25, 0.3) is 6.08 Å². The first-order valence-corrected chi connectivity index (χ1v) is 5.19. The van der Waals surface area contributed by atoms with E-state index in [4.69, 9.17) is 0 Å². The quantitative estimate of drug-likeness (QED) is 0.486. The third-order valence-electron chi connectivity index (χ3n) is 2.17. The van der Waals surface area contributed by atoms with Gasteiger partial charge in [-0.15, -0.1) is 0 Å². The van der Waals surface area contributed by atoms with Crippen LogP contribution >= 0.6 is 0 Å². The van der Waals surface area contributed by atoms with Crippen molar-refractivity contribution < 1.29 is 14.5 Å². The minimum Gasteiger partial charge on any atom is -0.353 e. The zero-order valence-corrected chi connectivity index (χ0v) is 9.75. The average molecular weight is 248 g/mol. The van der Waals surface area contributed by atoms with Crippen molar-refractivity contribution in [1.82, 2.24) is 5.32 Å². The second kappa shape index (κ2) is 6.29. The molecule has 6 nitrogen and oxygen atoms in total. The molecule has 6 heteroatoms. The smallest absolute Gasteiger partial charge is 0.270 e. The average Bonchev–Trinajstić information content (AvgIpc) is 2.34. The molecule has 0 bridgehead atoms. The molecule has 0 fully saturated rings. The number of benzene rings is 1. The zero-order valence-electron chi connectivity index (χ0n) is 9.75. The third kappa shape index (κ3) is 3.82.